The molecule has 0 saturated heterocycles. The van der Waals surface area contributed by atoms with Gasteiger partial charge in [-0.2, -0.15) is 0 Å². The molecule has 0 spiro atoms. The lowest BCUT2D eigenvalue weighted by molar-refractivity contribution is 0.0790. The Bertz CT molecular complexity index is 412. The second-order valence-electron chi connectivity index (χ2n) is 2.75. The molecule has 0 amide bonds. The van der Waals surface area contributed by atoms with E-state index in [0.717, 1.165) is 6.07 Å². The van der Waals surface area contributed by atoms with Crippen molar-refractivity contribution in [3.63, 3.8) is 0 Å². The minimum atomic E-state index is -2.22. The van der Waals surface area contributed by atoms with Crippen molar-refractivity contribution < 1.29 is 18.4 Å². The summed E-state index contributed by atoms with van der Waals surface area (Å²) in [7, 11) is 0. The van der Waals surface area contributed by atoms with Crippen LogP contribution in [0, 0.1) is 5.82 Å². The van der Waals surface area contributed by atoms with Gasteiger partial charge in [-0.1, -0.05) is 12.1 Å². The highest BCUT2D eigenvalue weighted by Crippen LogP contribution is 2.26. The van der Waals surface area contributed by atoms with Crippen molar-refractivity contribution in [3.05, 3.63) is 35.1 Å². The Morgan fingerprint density at radius 3 is 2.46 bits per heavy atom. The Balaban J connectivity index is 2.74. The molecule has 1 aromatic carbocycles. The summed E-state index contributed by atoms with van der Waals surface area (Å²) in [6.45, 7) is 0. The molecule has 13 heavy (non-hydrogen) atoms. The number of Topliss-reactive ketones (excluding diaryl/α,β-unsaturated/α-hetero) is 2. The molecule has 0 radical (unpaired) electrons. The summed E-state index contributed by atoms with van der Waals surface area (Å²) in [5.41, 5.74) is -0.572. The van der Waals surface area contributed by atoms with Crippen LogP contribution in [0.3, 0.4) is 0 Å². The van der Waals surface area contributed by atoms with Gasteiger partial charge >= 0.3 is 0 Å². The molecule has 1 atom stereocenters. The van der Waals surface area contributed by atoms with Crippen molar-refractivity contribution in [2.24, 2.45) is 0 Å². The third kappa shape index (κ3) is 0.915. The number of benzene rings is 1. The molecule has 4 heteroatoms. The molecule has 1 unspecified atom stereocenters. The predicted octanol–water partition coefficient (Wildman–Crippen LogP) is 1.54. The van der Waals surface area contributed by atoms with E-state index in [1.807, 2.05) is 0 Å². The largest absolute Gasteiger partial charge is 0.290 e. The highest BCUT2D eigenvalue weighted by atomic mass is 19.1. The first-order chi connectivity index (χ1) is 6.13. The number of alkyl halides is 1. The van der Waals surface area contributed by atoms with Gasteiger partial charge in [0.15, 0.2) is 0 Å². The van der Waals surface area contributed by atoms with Crippen LogP contribution in [0.2, 0.25) is 0 Å². The summed E-state index contributed by atoms with van der Waals surface area (Å²) < 4.78 is 25.8. The highest BCUT2D eigenvalue weighted by molar-refractivity contribution is 6.28. The van der Waals surface area contributed by atoms with Crippen LogP contribution >= 0.6 is 0 Å². The second kappa shape index (κ2) is 2.45. The second-order valence-corrected chi connectivity index (χ2v) is 2.75. The topological polar surface area (TPSA) is 34.1 Å². The van der Waals surface area contributed by atoms with Gasteiger partial charge in [-0.05, 0) is 6.07 Å². The van der Waals surface area contributed by atoms with Crippen LogP contribution in [0.15, 0.2) is 18.2 Å². The van der Waals surface area contributed by atoms with E-state index in [-0.39, 0.29) is 5.56 Å². The lowest BCUT2D eigenvalue weighted by Crippen LogP contribution is -2.15. The van der Waals surface area contributed by atoms with E-state index in [2.05, 4.69) is 0 Å². The zero-order chi connectivity index (χ0) is 9.59. The fourth-order valence-electron chi connectivity index (χ4n) is 1.36. The molecule has 2 nitrogen and oxygen atoms in total. The van der Waals surface area contributed by atoms with Crippen LogP contribution in [-0.2, 0) is 0 Å². The Morgan fingerprint density at radius 2 is 1.85 bits per heavy atom. The zero-order valence-corrected chi connectivity index (χ0v) is 6.38. The molecule has 1 aliphatic carbocycles. The van der Waals surface area contributed by atoms with Gasteiger partial charge in [0.25, 0.3) is 0 Å². The Labute approximate surface area is 72.2 Å². The van der Waals surface area contributed by atoms with E-state index in [1.54, 1.807) is 0 Å². The van der Waals surface area contributed by atoms with Gasteiger partial charge in [-0.15, -0.1) is 0 Å². The minimum Gasteiger partial charge on any atom is -0.290 e. The standard InChI is InChI=1S/C9H4F2O2/c10-5-3-1-2-4-6(5)9(13)7(11)8(4)12/h1-3,7H. The Morgan fingerprint density at radius 1 is 1.15 bits per heavy atom. The quantitative estimate of drug-likeness (QED) is 0.570. The van der Waals surface area contributed by atoms with Crippen molar-refractivity contribution >= 4 is 11.6 Å². The maximum absolute atomic E-state index is 12.9. The molecular weight excluding hydrogens is 178 g/mol. The van der Waals surface area contributed by atoms with Crippen LogP contribution in [-0.4, -0.2) is 17.7 Å². The first kappa shape index (κ1) is 8.04. The summed E-state index contributed by atoms with van der Waals surface area (Å²) in [5.74, 6) is -2.85. The van der Waals surface area contributed by atoms with Gasteiger partial charge in [0.1, 0.15) is 5.82 Å². The average Bonchev–Trinajstić information content (AvgIpc) is 2.33. The summed E-state index contributed by atoms with van der Waals surface area (Å²) in [6, 6.07) is 3.55. The number of ketones is 2. The minimum absolute atomic E-state index is 0.155. The number of halogens is 2. The number of rotatable bonds is 0. The SMILES string of the molecule is O=C1c2cccc(F)c2C(=O)C1F. The third-order valence-electron chi connectivity index (χ3n) is 1.99. The molecule has 1 aromatic rings. The van der Waals surface area contributed by atoms with Gasteiger partial charge < -0.3 is 0 Å². The Hall–Kier alpha value is -1.58. The smallest absolute Gasteiger partial charge is 0.225 e. The van der Waals surface area contributed by atoms with Crippen molar-refractivity contribution in [3.8, 4) is 0 Å². The summed E-state index contributed by atoms with van der Waals surface area (Å²) in [6.07, 6.45) is -2.22. The van der Waals surface area contributed by atoms with Gasteiger partial charge in [0, 0.05) is 5.56 Å². The molecule has 0 aliphatic heterocycles. The normalized spacial score (nSPS) is 20.6. The molecular formula is C9H4F2O2. The molecule has 66 valence electrons. The van der Waals surface area contributed by atoms with Crippen molar-refractivity contribution in [2.75, 3.05) is 0 Å². The van der Waals surface area contributed by atoms with Crippen LogP contribution in [0.5, 0.6) is 0 Å². The number of hydrogen-bond acceptors (Lipinski definition) is 2. The number of fused-ring (bicyclic) bond motifs is 1. The van der Waals surface area contributed by atoms with E-state index in [4.69, 9.17) is 0 Å². The maximum Gasteiger partial charge on any atom is 0.225 e. The van der Waals surface area contributed by atoms with Crippen LogP contribution in [0.1, 0.15) is 20.7 Å². The van der Waals surface area contributed by atoms with Crippen LogP contribution in [0.25, 0.3) is 0 Å². The molecule has 0 saturated carbocycles. The monoisotopic (exact) mass is 182 g/mol. The van der Waals surface area contributed by atoms with Crippen molar-refractivity contribution in [2.45, 2.75) is 6.17 Å². The highest BCUT2D eigenvalue weighted by Gasteiger charge is 2.40. The fraction of sp³-hybridized carbons (Fsp3) is 0.111. The molecule has 0 heterocycles. The lowest BCUT2D eigenvalue weighted by Gasteiger charge is -1.94. The summed E-state index contributed by atoms with van der Waals surface area (Å²) >= 11 is 0. The summed E-state index contributed by atoms with van der Waals surface area (Å²) in [4.78, 5) is 22.0. The summed E-state index contributed by atoms with van der Waals surface area (Å²) in [5, 5.41) is 0. The fourth-order valence-corrected chi connectivity index (χ4v) is 1.36. The first-order valence-electron chi connectivity index (χ1n) is 3.64. The van der Waals surface area contributed by atoms with E-state index >= 15 is 0 Å². The maximum atomic E-state index is 12.9. The average molecular weight is 182 g/mol. The molecule has 0 bridgehead atoms. The van der Waals surface area contributed by atoms with Crippen molar-refractivity contribution in [1.29, 1.82) is 0 Å². The van der Waals surface area contributed by atoms with Gasteiger partial charge in [-0.3, -0.25) is 9.59 Å². The number of hydrogen-bond donors (Lipinski definition) is 0. The van der Waals surface area contributed by atoms with E-state index in [0.29, 0.717) is 0 Å². The third-order valence-corrected chi connectivity index (χ3v) is 1.99. The molecule has 0 fully saturated rings. The first-order valence-corrected chi connectivity index (χ1v) is 3.64. The van der Waals surface area contributed by atoms with Gasteiger partial charge in [0.05, 0.1) is 5.56 Å². The van der Waals surface area contributed by atoms with Crippen LogP contribution < -0.4 is 0 Å². The van der Waals surface area contributed by atoms with E-state index in [1.165, 1.54) is 12.1 Å². The van der Waals surface area contributed by atoms with E-state index < -0.39 is 29.1 Å². The number of carbonyl (C=O) groups excluding carboxylic acids is 2. The Kier molecular flexibility index (Phi) is 1.52. The number of carbonyl (C=O) groups is 2. The van der Waals surface area contributed by atoms with Crippen LogP contribution in [0.4, 0.5) is 8.78 Å². The van der Waals surface area contributed by atoms with E-state index in [9.17, 15) is 18.4 Å². The van der Waals surface area contributed by atoms with Gasteiger partial charge in [-0.25, -0.2) is 8.78 Å². The molecule has 0 N–H and O–H groups in total. The van der Waals surface area contributed by atoms with Gasteiger partial charge in [0.2, 0.25) is 17.7 Å². The molecule has 0 aromatic heterocycles. The molecule has 2 rings (SSSR count). The zero-order valence-electron chi connectivity index (χ0n) is 6.38. The van der Waals surface area contributed by atoms with Crippen molar-refractivity contribution in [1.82, 2.24) is 0 Å². The lowest BCUT2D eigenvalue weighted by atomic mass is 10.1. The molecule has 1 aliphatic rings. The predicted molar refractivity (Wildman–Crippen MR) is 40.0 cm³/mol.